The van der Waals surface area contributed by atoms with Gasteiger partial charge >= 0.3 is 0 Å². The van der Waals surface area contributed by atoms with Crippen LogP contribution in [0.3, 0.4) is 0 Å². The number of aryl methyl sites for hydroxylation is 1. The lowest BCUT2D eigenvalue weighted by Crippen LogP contribution is -2.27. The molecule has 1 aromatic carbocycles. The number of hydrogen-bond donors (Lipinski definition) is 2. The van der Waals surface area contributed by atoms with Crippen LogP contribution in [0.25, 0.3) is 0 Å². The predicted molar refractivity (Wildman–Crippen MR) is 92.0 cm³/mol. The molecule has 126 valence electrons. The molecule has 1 rings (SSSR count). The fourth-order valence-electron chi connectivity index (χ4n) is 2.93. The van der Waals surface area contributed by atoms with E-state index in [2.05, 4.69) is 0 Å². The number of rotatable bonds is 8. The molecule has 0 aliphatic carbocycles. The second kappa shape index (κ2) is 8.76. The number of hydrogen-bond acceptors (Lipinski definition) is 3. The normalized spacial score (nSPS) is 15.5. The third-order valence-corrected chi connectivity index (χ3v) is 4.51. The topological polar surface area (TPSA) is 49.7 Å². The molecule has 22 heavy (non-hydrogen) atoms. The first kappa shape index (κ1) is 19.3. The molecule has 0 aliphatic heterocycles. The van der Waals surface area contributed by atoms with Gasteiger partial charge in [-0.2, -0.15) is 0 Å². The molecule has 0 aliphatic rings. The number of halogens is 1. The summed E-state index contributed by atoms with van der Waals surface area (Å²) >= 11 is 6.32. The Kier molecular flexibility index (Phi) is 7.67. The highest BCUT2D eigenvalue weighted by Crippen LogP contribution is 2.39. The number of ether oxygens (including phenoxy) is 1. The van der Waals surface area contributed by atoms with Crippen molar-refractivity contribution >= 4 is 11.6 Å². The predicted octanol–water partition coefficient (Wildman–Crippen LogP) is 4.37. The molecule has 4 heteroatoms. The first-order valence-electron chi connectivity index (χ1n) is 8.11. The molecule has 3 unspecified atom stereocenters. The second-order valence-corrected chi connectivity index (χ2v) is 6.44. The van der Waals surface area contributed by atoms with E-state index >= 15 is 0 Å². The van der Waals surface area contributed by atoms with Crippen molar-refractivity contribution < 1.29 is 14.9 Å². The third-order valence-electron chi connectivity index (χ3n) is 4.11. The molecule has 0 bridgehead atoms. The van der Waals surface area contributed by atoms with Crippen LogP contribution >= 0.6 is 11.6 Å². The molecule has 0 fully saturated rings. The van der Waals surface area contributed by atoms with Gasteiger partial charge < -0.3 is 14.9 Å². The average Bonchev–Trinajstić information content (AvgIpc) is 2.45. The smallest absolute Gasteiger partial charge is 0.126 e. The Morgan fingerprint density at radius 2 is 1.82 bits per heavy atom. The largest absolute Gasteiger partial charge is 0.493 e. The van der Waals surface area contributed by atoms with E-state index in [1.807, 2.05) is 40.7 Å². The van der Waals surface area contributed by atoms with Gasteiger partial charge in [0.25, 0.3) is 0 Å². The van der Waals surface area contributed by atoms with Crippen molar-refractivity contribution in [1.29, 1.82) is 0 Å². The van der Waals surface area contributed by atoms with Gasteiger partial charge in [0.05, 0.1) is 18.8 Å². The van der Waals surface area contributed by atoms with Crippen LogP contribution in [0.4, 0.5) is 0 Å². The van der Waals surface area contributed by atoms with Crippen molar-refractivity contribution in [3.05, 3.63) is 27.8 Å². The Balaban J connectivity index is 3.08. The molecule has 0 saturated carbocycles. The Morgan fingerprint density at radius 3 is 2.36 bits per heavy atom. The van der Waals surface area contributed by atoms with E-state index in [0.29, 0.717) is 24.5 Å². The van der Waals surface area contributed by atoms with Crippen LogP contribution in [0.5, 0.6) is 5.75 Å². The molecule has 2 N–H and O–H groups in total. The molecule has 3 atom stereocenters. The molecule has 0 amide bonds. The maximum absolute atomic E-state index is 10.2. The van der Waals surface area contributed by atoms with E-state index in [1.165, 1.54) is 0 Å². The van der Waals surface area contributed by atoms with Crippen molar-refractivity contribution in [2.24, 2.45) is 0 Å². The van der Waals surface area contributed by atoms with Crippen LogP contribution in [0.15, 0.2) is 6.07 Å². The summed E-state index contributed by atoms with van der Waals surface area (Å²) in [5, 5.41) is 20.9. The quantitative estimate of drug-likeness (QED) is 0.745. The van der Waals surface area contributed by atoms with Crippen molar-refractivity contribution in [2.45, 2.75) is 72.0 Å². The highest BCUT2D eigenvalue weighted by Gasteiger charge is 2.24. The zero-order valence-corrected chi connectivity index (χ0v) is 15.1. The molecule has 0 aromatic heterocycles. The highest BCUT2D eigenvalue weighted by molar-refractivity contribution is 6.31. The van der Waals surface area contributed by atoms with Crippen molar-refractivity contribution in [2.75, 3.05) is 6.61 Å². The van der Waals surface area contributed by atoms with Crippen molar-refractivity contribution in [3.63, 3.8) is 0 Å². The second-order valence-electron chi connectivity index (χ2n) is 6.04. The molecule has 0 heterocycles. The molecule has 3 nitrogen and oxygen atoms in total. The van der Waals surface area contributed by atoms with Crippen LogP contribution in [0, 0.1) is 13.8 Å². The summed E-state index contributed by atoms with van der Waals surface area (Å²) in [6.45, 7) is 10.5. The minimum atomic E-state index is -0.733. The fourth-order valence-corrected chi connectivity index (χ4v) is 3.20. The monoisotopic (exact) mass is 328 g/mol. The summed E-state index contributed by atoms with van der Waals surface area (Å²) in [4.78, 5) is 0. The van der Waals surface area contributed by atoms with Crippen LogP contribution in [-0.4, -0.2) is 29.0 Å². The van der Waals surface area contributed by atoms with Gasteiger partial charge in [0.2, 0.25) is 0 Å². The lowest BCUT2D eigenvalue weighted by Gasteiger charge is -2.25. The van der Waals surface area contributed by atoms with E-state index in [0.717, 1.165) is 28.9 Å². The molecular weight excluding hydrogens is 300 g/mol. The molecule has 1 aromatic rings. The van der Waals surface area contributed by atoms with Gasteiger partial charge in [-0.3, -0.25) is 0 Å². The van der Waals surface area contributed by atoms with Gasteiger partial charge in [-0.25, -0.2) is 0 Å². The van der Waals surface area contributed by atoms with E-state index < -0.39 is 12.2 Å². The number of benzene rings is 1. The number of aliphatic hydroxyl groups excluding tert-OH is 2. The highest BCUT2D eigenvalue weighted by atomic mass is 35.5. The Morgan fingerprint density at radius 1 is 1.18 bits per heavy atom. The average molecular weight is 329 g/mol. The van der Waals surface area contributed by atoms with E-state index in [1.54, 1.807) is 0 Å². The maximum atomic E-state index is 10.2. The van der Waals surface area contributed by atoms with Gasteiger partial charge in [-0.1, -0.05) is 31.9 Å². The summed E-state index contributed by atoms with van der Waals surface area (Å²) in [7, 11) is 0. The summed E-state index contributed by atoms with van der Waals surface area (Å²) in [5.74, 6) is 0.912. The summed E-state index contributed by atoms with van der Waals surface area (Å²) < 4.78 is 5.81. The molecule has 0 saturated heterocycles. The zero-order valence-electron chi connectivity index (χ0n) is 14.3. The van der Waals surface area contributed by atoms with E-state index in [9.17, 15) is 10.2 Å². The Labute approximate surface area is 139 Å². The Hall–Kier alpha value is -0.770. The first-order chi connectivity index (χ1) is 10.3. The summed E-state index contributed by atoms with van der Waals surface area (Å²) in [6.07, 6.45) is 0.542. The lowest BCUT2D eigenvalue weighted by molar-refractivity contribution is 0.00623. The van der Waals surface area contributed by atoms with Crippen LogP contribution in [0.1, 0.15) is 62.6 Å². The maximum Gasteiger partial charge on any atom is 0.126 e. The van der Waals surface area contributed by atoms with Crippen molar-refractivity contribution in [1.82, 2.24) is 0 Å². The van der Waals surface area contributed by atoms with Gasteiger partial charge in [-0.15, -0.1) is 0 Å². The summed E-state index contributed by atoms with van der Waals surface area (Å²) in [5.41, 5.74) is 3.03. The minimum Gasteiger partial charge on any atom is -0.493 e. The van der Waals surface area contributed by atoms with Gasteiger partial charge in [-0.05, 0) is 56.7 Å². The number of aliphatic hydroxyl groups is 2. The van der Waals surface area contributed by atoms with Gasteiger partial charge in [0, 0.05) is 10.6 Å². The molecule has 0 spiro atoms. The van der Waals surface area contributed by atoms with E-state index in [-0.39, 0.29) is 5.92 Å². The standard InChI is InChI=1S/C18H29ClO3/c1-6-8-15(20)16(21)10-11(3)17-13(5)14(19)9-12(4)18(17)22-7-2/h9,11,15-16,20-21H,6-8,10H2,1-5H3. The lowest BCUT2D eigenvalue weighted by atomic mass is 9.87. The van der Waals surface area contributed by atoms with Crippen LogP contribution < -0.4 is 4.74 Å². The Bertz CT molecular complexity index is 488. The third kappa shape index (κ3) is 4.61. The fraction of sp³-hybridized carbons (Fsp3) is 0.667. The molecule has 0 radical (unpaired) electrons. The molecular formula is C18H29ClO3. The van der Waals surface area contributed by atoms with Crippen LogP contribution in [0.2, 0.25) is 5.02 Å². The SMILES string of the molecule is CCCC(O)C(O)CC(C)c1c(C)c(Cl)cc(C)c1OCC. The first-order valence-corrected chi connectivity index (χ1v) is 8.49. The van der Waals surface area contributed by atoms with E-state index in [4.69, 9.17) is 16.3 Å². The van der Waals surface area contributed by atoms with Crippen LogP contribution in [-0.2, 0) is 0 Å². The van der Waals surface area contributed by atoms with Gasteiger partial charge in [0.15, 0.2) is 0 Å². The zero-order chi connectivity index (χ0) is 16.9. The summed E-state index contributed by atoms with van der Waals surface area (Å²) in [6, 6.07) is 1.92. The van der Waals surface area contributed by atoms with Gasteiger partial charge in [0.1, 0.15) is 5.75 Å². The van der Waals surface area contributed by atoms with Crippen molar-refractivity contribution in [3.8, 4) is 5.75 Å². The minimum absolute atomic E-state index is 0.0560.